The van der Waals surface area contributed by atoms with Crippen molar-refractivity contribution in [3.05, 3.63) is 36.2 Å². The smallest absolute Gasteiger partial charge is 0.126 e. The summed E-state index contributed by atoms with van der Waals surface area (Å²) in [5, 5.41) is 0. The second-order valence-corrected chi connectivity index (χ2v) is 1.92. The van der Waals surface area contributed by atoms with Crippen molar-refractivity contribution < 1.29 is 4.39 Å². The van der Waals surface area contributed by atoms with Gasteiger partial charge in [0.25, 0.3) is 0 Å². The molecular weight excluding hydrogens is 127 g/mol. The summed E-state index contributed by atoms with van der Waals surface area (Å²) in [7, 11) is 0. The molecule has 0 saturated carbocycles. The lowest BCUT2D eigenvalue weighted by Crippen LogP contribution is -1.79. The zero-order valence-electron chi connectivity index (χ0n) is 6.52. The zero-order valence-corrected chi connectivity index (χ0v) is 6.52. The molecule has 0 aliphatic carbocycles. The molecule has 0 aliphatic rings. The van der Waals surface area contributed by atoms with Gasteiger partial charge in [-0.3, -0.25) is 0 Å². The van der Waals surface area contributed by atoms with Crippen molar-refractivity contribution in [3.8, 4) is 0 Å². The van der Waals surface area contributed by atoms with Gasteiger partial charge in [-0.25, -0.2) is 4.39 Å². The fourth-order valence-electron chi connectivity index (χ4n) is 0.721. The molecule has 0 bridgehead atoms. The van der Waals surface area contributed by atoms with Crippen LogP contribution < -0.4 is 0 Å². The highest BCUT2D eigenvalue weighted by atomic mass is 19.1. The Labute approximate surface area is 61.8 Å². The van der Waals surface area contributed by atoms with Crippen molar-refractivity contribution in [1.29, 1.82) is 0 Å². The SMILES string of the molecule is C=C/C=C(F)\C(=C/C)CC. The summed E-state index contributed by atoms with van der Waals surface area (Å²) in [6.45, 7) is 7.16. The molecule has 0 fully saturated rings. The lowest BCUT2D eigenvalue weighted by Gasteiger charge is -1.96. The van der Waals surface area contributed by atoms with Crippen LogP contribution >= 0.6 is 0 Å². The maximum absolute atomic E-state index is 12.8. The Bertz CT molecular complexity index is 164. The number of hydrogen-bond acceptors (Lipinski definition) is 0. The van der Waals surface area contributed by atoms with Crippen LogP contribution in [0, 0.1) is 0 Å². The molecule has 0 unspecified atom stereocenters. The third-order valence-electron chi connectivity index (χ3n) is 1.30. The molecule has 0 aromatic heterocycles. The van der Waals surface area contributed by atoms with Crippen molar-refractivity contribution in [3.63, 3.8) is 0 Å². The van der Waals surface area contributed by atoms with E-state index in [1.54, 1.807) is 6.08 Å². The minimum absolute atomic E-state index is 0.181. The van der Waals surface area contributed by atoms with Gasteiger partial charge in [-0.05, 0) is 25.0 Å². The van der Waals surface area contributed by atoms with Gasteiger partial charge in [0, 0.05) is 0 Å². The Morgan fingerprint density at radius 1 is 1.60 bits per heavy atom. The molecule has 10 heavy (non-hydrogen) atoms. The van der Waals surface area contributed by atoms with E-state index in [4.69, 9.17) is 0 Å². The summed E-state index contributed by atoms with van der Waals surface area (Å²) in [6.07, 6.45) is 5.33. The Balaban J connectivity index is 4.30. The third-order valence-corrected chi connectivity index (χ3v) is 1.30. The zero-order chi connectivity index (χ0) is 7.98. The van der Waals surface area contributed by atoms with Crippen LogP contribution in [0.1, 0.15) is 20.3 Å². The standard InChI is InChI=1S/C9H13F/c1-4-7-9(10)8(5-2)6-3/h4-5,7H,1,6H2,2-3H3/b8-5-,9-7+. The number of rotatable bonds is 3. The normalized spacial score (nSPS) is 13.5. The molecule has 1 heteroatoms. The van der Waals surface area contributed by atoms with Crippen LogP contribution in [0.15, 0.2) is 36.2 Å². The molecule has 0 aliphatic heterocycles. The number of allylic oxidation sites excluding steroid dienone is 5. The molecule has 0 amide bonds. The predicted octanol–water partition coefficient (Wildman–Crippen LogP) is 3.38. The number of halogens is 1. The van der Waals surface area contributed by atoms with Crippen molar-refractivity contribution in [2.45, 2.75) is 20.3 Å². The molecule has 0 aromatic carbocycles. The molecule has 0 aromatic rings. The van der Waals surface area contributed by atoms with E-state index in [0.29, 0.717) is 0 Å². The molecule has 0 rings (SSSR count). The molecular formula is C9H13F. The summed E-state index contributed by atoms with van der Waals surface area (Å²) < 4.78 is 12.8. The van der Waals surface area contributed by atoms with Crippen LogP contribution in [0.25, 0.3) is 0 Å². The van der Waals surface area contributed by atoms with Gasteiger partial charge in [-0.15, -0.1) is 0 Å². The second kappa shape index (κ2) is 4.98. The van der Waals surface area contributed by atoms with E-state index in [-0.39, 0.29) is 5.83 Å². The first kappa shape index (κ1) is 9.15. The Morgan fingerprint density at radius 2 is 2.20 bits per heavy atom. The molecule has 56 valence electrons. The van der Waals surface area contributed by atoms with E-state index in [1.165, 1.54) is 12.2 Å². The second-order valence-electron chi connectivity index (χ2n) is 1.92. The summed E-state index contributed by atoms with van der Waals surface area (Å²) in [4.78, 5) is 0. The maximum Gasteiger partial charge on any atom is 0.126 e. The Hall–Kier alpha value is -0.850. The Kier molecular flexibility index (Phi) is 4.55. The first-order valence-electron chi connectivity index (χ1n) is 3.40. The average Bonchev–Trinajstić information content (AvgIpc) is 1.91. The van der Waals surface area contributed by atoms with Crippen molar-refractivity contribution >= 4 is 0 Å². The average molecular weight is 140 g/mol. The van der Waals surface area contributed by atoms with E-state index >= 15 is 0 Å². The van der Waals surface area contributed by atoms with Gasteiger partial charge >= 0.3 is 0 Å². The topological polar surface area (TPSA) is 0 Å². The first-order chi connectivity index (χ1) is 4.76. The lowest BCUT2D eigenvalue weighted by atomic mass is 10.1. The quantitative estimate of drug-likeness (QED) is 0.527. The van der Waals surface area contributed by atoms with Crippen LogP contribution in [0.2, 0.25) is 0 Å². The van der Waals surface area contributed by atoms with Gasteiger partial charge in [0.15, 0.2) is 0 Å². The fraction of sp³-hybridized carbons (Fsp3) is 0.333. The number of hydrogen-bond donors (Lipinski definition) is 0. The van der Waals surface area contributed by atoms with E-state index < -0.39 is 0 Å². The summed E-state index contributed by atoms with van der Waals surface area (Å²) >= 11 is 0. The van der Waals surface area contributed by atoms with Gasteiger partial charge in [0.2, 0.25) is 0 Å². The predicted molar refractivity (Wildman–Crippen MR) is 43.4 cm³/mol. The molecule has 0 N–H and O–H groups in total. The van der Waals surface area contributed by atoms with Gasteiger partial charge < -0.3 is 0 Å². The van der Waals surface area contributed by atoms with Crippen molar-refractivity contribution in [2.24, 2.45) is 0 Å². The van der Waals surface area contributed by atoms with Crippen LogP contribution in [-0.4, -0.2) is 0 Å². The van der Waals surface area contributed by atoms with Crippen LogP contribution in [0.5, 0.6) is 0 Å². The summed E-state index contributed by atoms with van der Waals surface area (Å²) in [5.41, 5.74) is 0.736. The summed E-state index contributed by atoms with van der Waals surface area (Å²) in [6, 6.07) is 0. The van der Waals surface area contributed by atoms with E-state index in [9.17, 15) is 4.39 Å². The summed E-state index contributed by atoms with van der Waals surface area (Å²) in [5.74, 6) is -0.181. The highest BCUT2D eigenvalue weighted by Crippen LogP contribution is 2.14. The van der Waals surface area contributed by atoms with Crippen LogP contribution in [0.3, 0.4) is 0 Å². The maximum atomic E-state index is 12.8. The monoisotopic (exact) mass is 140 g/mol. The molecule has 0 spiro atoms. The van der Waals surface area contributed by atoms with E-state index in [2.05, 4.69) is 6.58 Å². The lowest BCUT2D eigenvalue weighted by molar-refractivity contribution is 0.642. The van der Waals surface area contributed by atoms with Crippen LogP contribution in [-0.2, 0) is 0 Å². The molecule has 0 radical (unpaired) electrons. The minimum Gasteiger partial charge on any atom is -0.207 e. The van der Waals surface area contributed by atoms with E-state index in [1.807, 2.05) is 13.8 Å². The molecule has 0 nitrogen and oxygen atoms in total. The van der Waals surface area contributed by atoms with Crippen molar-refractivity contribution in [2.75, 3.05) is 0 Å². The highest BCUT2D eigenvalue weighted by Gasteiger charge is 1.96. The van der Waals surface area contributed by atoms with Gasteiger partial charge in [0.05, 0.1) is 0 Å². The van der Waals surface area contributed by atoms with Crippen LogP contribution in [0.4, 0.5) is 4.39 Å². The van der Waals surface area contributed by atoms with Gasteiger partial charge in [-0.1, -0.05) is 25.7 Å². The van der Waals surface area contributed by atoms with Gasteiger partial charge in [0.1, 0.15) is 5.83 Å². The highest BCUT2D eigenvalue weighted by molar-refractivity contribution is 5.26. The first-order valence-corrected chi connectivity index (χ1v) is 3.40. The third kappa shape index (κ3) is 2.62. The molecule has 0 heterocycles. The molecule has 0 saturated heterocycles. The minimum atomic E-state index is -0.181. The Morgan fingerprint density at radius 3 is 2.50 bits per heavy atom. The van der Waals surface area contributed by atoms with E-state index in [0.717, 1.165) is 12.0 Å². The fourth-order valence-corrected chi connectivity index (χ4v) is 0.721. The molecule has 0 atom stereocenters. The van der Waals surface area contributed by atoms with Gasteiger partial charge in [-0.2, -0.15) is 0 Å². The largest absolute Gasteiger partial charge is 0.207 e. The van der Waals surface area contributed by atoms with Crippen molar-refractivity contribution in [1.82, 2.24) is 0 Å².